The van der Waals surface area contributed by atoms with Crippen LogP contribution in [0.1, 0.15) is 63.4 Å². The number of hydrogen-bond acceptors (Lipinski definition) is 2. The molecule has 2 nitrogen and oxygen atoms in total. The third kappa shape index (κ3) is 5.13. The van der Waals surface area contributed by atoms with Crippen molar-refractivity contribution in [3.63, 3.8) is 0 Å². The van der Waals surface area contributed by atoms with Crippen LogP contribution in [0.3, 0.4) is 0 Å². The highest BCUT2D eigenvalue weighted by atomic mass is 15.4. The van der Waals surface area contributed by atoms with Crippen LogP contribution in [-0.4, -0.2) is 18.2 Å². The van der Waals surface area contributed by atoms with E-state index in [0.29, 0.717) is 29.8 Å². The first-order valence-corrected chi connectivity index (χ1v) is 18.4. The lowest BCUT2D eigenvalue weighted by atomic mass is 9.62. The van der Waals surface area contributed by atoms with Crippen LogP contribution in [-0.2, 0) is 0 Å². The normalized spacial score (nSPS) is 31.7. The number of hydrogen-bond donors (Lipinski definition) is 1. The Hall–Kier alpha value is -4.40. The molecule has 1 fully saturated rings. The zero-order valence-corrected chi connectivity index (χ0v) is 28.1. The van der Waals surface area contributed by atoms with E-state index >= 15 is 0 Å². The van der Waals surface area contributed by atoms with Gasteiger partial charge in [-0.05, 0) is 113 Å². The minimum absolute atomic E-state index is 0.185. The minimum Gasteiger partial charge on any atom is -0.344 e. The average Bonchev–Trinajstić information content (AvgIpc) is 3.54. The van der Waals surface area contributed by atoms with Crippen LogP contribution in [0.4, 0.5) is 5.69 Å². The van der Waals surface area contributed by atoms with E-state index in [1.54, 1.807) is 0 Å². The van der Waals surface area contributed by atoms with Gasteiger partial charge >= 0.3 is 0 Å². The molecule has 1 N–H and O–H groups in total. The first-order valence-electron chi connectivity index (χ1n) is 18.4. The molecule has 1 aromatic rings. The van der Waals surface area contributed by atoms with Gasteiger partial charge in [0.1, 0.15) is 6.17 Å². The van der Waals surface area contributed by atoms with Gasteiger partial charge in [0, 0.05) is 17.5 Å². The lowest BCUT2D eigenvalue weighted by molar-refractivity contribution is 0.553. The van der Waals surface area contributed by atoms with Crippen molar-refractivity contribution in [2.24, 2.45) is 11.8 Å². The molecule has 6 atom stereocenters. The molecule has 2 heteroatoms. The fourth-order valence-corrected chi connectivity index (χ4v) is 9.36. The summed E-state index contributed by atoms with van der Waals surface area (Å²) in [5.74, 6) is 1.13. The monoisotopic (exact) mass is 626 g/mol. The number of anilines is 1. The van der Waals surface area contributed by atoms with Crippen molar-refractivity contribution in [3.05, 3.63) is 184 Å². The van der Waals surface area contributed by atoms with E-state index < -0.39 is 0 Å². The number of nitrogens with one attached hydrogen (secondary N) is 1. The summed E-state index contributed by atoms with van der Waals surface area (Å²) in [4.78, 5) is 2.64. The van der Waals surface area contributed by atoms with Gasteiger partial charge in [-0.25, -0.2) is 0 Å². The highest BCUT2D eigenvalue weighted by molar-refractivity contribution is 5.71. The van der Waals surface area contributed by atoms with Crippen molar-refractivity contribution in [3.8, 4) is 0 Å². The van der Waals surface area contributed by atoms with E-state index in [1.807, 2.05) is 0 Å². The zero-order valence-electron chi connectivity index (χ0n) is 28.1. The minimum atomic E-state index is 0.185. The average molecular weight is 627 g/mol. The fourth-order valence-electron chi connectivity index (χ4n) is 9.36. The van der Waals surface area contributed by atoms with Gasteiger partial charge in [0.25, 0.3) is 0 Å². The molecule has 0 amide bonds. The van der Waals surface area contributed by atoms with Crippen molar-refractivity contribution in [1.29, 1.82) is 0 Å². The lowest BCUT2D eigenvalue weighted by Crippen LogP contribution is -2.42. The topological polar surface area (TPSA) is 15.3 Å². The van der Waals surface area contributed by atoms with Crippen molar-refractivity contribution in [2.75, 3.05) is 4.90 Å². The second-order valence-corrected chi connectivity index (χ2v) is 14.5. The fraction of sp³-hybridized carbons (Fsp3) is 0.304. The summed E-state index contributed by atoms with van der Waals surface area (Å²) in [5.41, 5.74) is 14.6. The highest BCUT2D eigenvalue weighted by Crippen LogP contribution is 2.54. The van der Waals surface area contributed by atoms with Gasteiger partial charge in [0.2, 0.25) is 0 Å². The predicted molar refractivity (Wildman–Crippen MR) is 201 cm³/mol. The molecule has 7 aliphatic carbocycles. The maximum absolute atomic E-state index is 3.99. The number of rotatable bonds is 5. The zero-order chi connectivity index (χ0) is 32.0. The quantitative estimate of drug-likeness (QED) is 0.350. The van der Waals surface area contributed by atoms with Crippen molar-refractivity contribution in [2.45, 2.75) is 76.0 Å². The smallest absolute Gasteiger partial charge is 0.103 e. The van der Waals surface area contributed by atoms with Crippen LogP contribution in [0.25, 0.3) is 0 Å². The Morgan fingerprint density at radius 2 is 1.52 bits per heavy atom. The van der Waals surface area contributed by atoms with E-state index in [9.17, 15) is 0 Å². The molecule has 1 heterocycles. The van der Waals surface area contributed by atoms with Gasteiger partial charge in [0.05, 0.1) is 12.1 Å². The van der Waals surface area contributed by atoms with Gasteiger partial charge < -0.3 is 4.90 Å². The molecule has 0 bridgehead atoms. The van der Waals surface area contributed by atoms with Crippen molar-refractivity contribution in [1.82, 2.24) is 5.32 Å². The second kappa shape index (κ2) is 12.6. The molecule has 1 saturated heterocycles. The summed E-state index contributed by atoms with van der Waals surface area (Å²) in [6, 6.07) is 10.4. The maximum atomic E-state index is 3.99. The summed E-state index contributed by atoms with van der Waals surface area (Å²) >= 11 is 0. The Morgan fingerprint density at radius 1 is 0.750 bits per heavy atom. The van der Waals surface area contributed by atoms with E-state index in [2.05, 4.69) is 151 Å². The van der Waals surface area contributed by atoms with Gasteiger partial charge in [0.15, 0.2) is 0 Å². The standard InChI is InChI=1S/C46H46N2/c1-31-14-8-9-19-37(31)46-47-42-22-12-13-23-43(42)48(46)36-27-24-34(25-28-36)45-39-21-11-10-20-38(39)44(33-17-6-3-7-18-33)40-29-26-35(30-41(40)45)32-15-4-2-5-16-32/h2-4,6,8-9,12-13,15,17,19-31,41-43,45-47H,5,7,10-11,14,16,18H2,1H3. The highest BCUT2D eigenvalue weighted by Gasteiger charge is 2.43. The molecule has 0 radical (unpaired) electrons. The molecule has 6 unspecified atom stereocenters. The molecule has 0 saturated carbocycles. The van der Waals surface area contributed by atoms with E-state index in [4.69, 9.17) is 0 Å². The lowest BCUT2D eigenvalue weighted by Gasteiger charge is -2.41. The molecular formula is C46H46N2. The van der Waals surface area contributed by atoms with Crippen LogP contribution in [0, 0.1) is 11.8 Å². The Morgan fingerprint density at radius 3 is 2.31 bits per heavy atom. The summed E-state index contributed by atoms with van der Waals surface area (Å²) < 4.78 is 0. The summed E-state index contributed by atoms with van der Waals surface area (Å²) in [5, 5.41) is 3.99. The maximum Gasteiger partial charge on any atom is 0.103 e. The molecule has 9 rings (SSSR count). The summed E-state index contributed by atoms with van der Waals surface area (Å²) in [7, 11) is 0. The summed E-state index contributed by atoms with van der Waals surface area (Å²) in [6.07, 6.45) is 50.5. The SMILES string of the molecule is CC1CC=CC=C1C1NC2C=CC=CC2N1c1ccc(C2C3=CCCC=C3C(C3=CC=CCC3)=C3C=CC(C4=CC=CCC4)=CC32)cc1. The van der Waals surface area contributed by atoms with Gasteiger partial charge in [-0.1, -0.05) is 128 Å². The third-order valence-corrected chi connectivity index (χ3v) is 11.7. The summed E-state index contributed by atoms with van der Waals surface area (Å²) in [6.45, 7) is 2.37. The Labute approximate surface area is 286 Å². The van der Waals surface area contributed by atoms with Crippen molar-refractivity contribution >= 4 is 5.69 Å². The molecule has 1 aromatic carbocycles. The van der Waals surface area contributed by atoms with Crippen LogP contribution < -0.4 is 10.2 Å². The number of fused-ring (bicyclic) bond motifs is 3. The Kier molecular flexibility index (Phi) is 7.78. The Balaban J connectivity index is 1.14. The van der Waals surface area contributed by atoms with Crippen LogP contribution in [0.5, 0.6) is 0 Å². The van der Waals surface area contributed by atoms with Gasteiger partial charge in [-0.15, -0.1) is 0 Å². The van der Waals surface area contributed by atoms with Crippen LogP contribution in [0.15, 0.2) is 178 Å². The number of allylic oxidation sites excluding steroid dienone is 23. The molecule has 1 aliphatic heterocycles. The molecule has 240 valence electrons. The number of benzene rings is 1. The first kappa shape index (κ1) is 29.7. The molecule has 8 aliphatic rings. The van der Waals surface area contributed by atoms with E-state index in [1.165, 1.54) is 55.8 Å². The van der Waals surface area contributed by atoms with Crippen LogP contribution >= 0.6 is 0 Å². The van der Waals surface area contributed by atoms with Crippen molar-refractivity contribution < 1.29 is 0 Å². The second-order valence-electron chi connectivity index (χ2n) is 14.5. The third-order valence-electron chi connectivity index (χ3n) is 11.7. The van der Waals surface area contributed by atoms with Gasteiger partial charge in [-0.3, -0.25) is 5.32 Å². The predicted octanol–water partition coefficient (Wildman–Crippen LogP) is 10.5. The molecule has 0 spiro atoms. The Bertz CT molecular complexity index is 1900. The molecule has 48 heavy (non-hydrogen) atoms. The van der Waals surface area contributed by atoms with E-state index in [-0.39, 0.29) is 6.17 Å². The first-order chi connectivity index (χ1) is 23.7. The number of nitrogens with zero attached hydrogens (tertiary/aromatic N) is 1. The molecule has 0 aromatic heterocycles. The molecular weight excluding hydrogens is 581 g/mol. The largest absolute Gasteiger partial charge is 0.344 e. The van der Waals surface area contributed by atoms with Crippen LogP contribution in [0.2, 0.25) is 0 Å². The van der Waals surface area contributed by atoms with E-state index in [0.717, 1.165) is 44.9 Å². The van der Waals surface area contributed by atoms with Gasteiger partial charge in [-0.2, -0.15) is 0 Å².